The Labute approximate surface area is 126 Å². The molecule has 2 rings (SSSR count). The standard InChI is InChI=1S/C15H16N4O3/c1-10-4-2-3-5-11(10)14(21)16-8-9-17-15(22)12-6-7-13(20)19-18-12/h2-7H,8-9H2,1H3,(H,16,21)(H,17,22)(H,19,20). The Hall–Kier alpha value is -2.96. The zero-order chi connectivity index (χ0) is 15.9. The molecule has 0 atom stereocenters. The van der Waals surface area contributed by atoms with Crippen molar-refractivity contribution < 1.29 is 9.59 Å². The number of hydrogen-bond acceptors (Lipinski definition) is 4. The monoisotopic (exact) mass is 300 g/mol. The first-order chi connectivity index (χ1) is 10.6. The van der Waals surface area contributed by atoms with Gasteiger partial charge in [0.15, 0.2) is 0 Å². The first-order valence-corrected chi connectivity index (χ1v) is 6.75. The van der Waals surface area contributed by atoms with E-state index in [1.54, 1.807) is 12.1 Å². The first kappa shape index (κ1) is 15.4. The van der Waals surface area contributed by atoms with Crippen molar-refractivity contribution in [1.82, 2.24) is 20.8 Å². The lowest BCUT2D eigenvalue weighted by Crippen LogP contribution is -2.35. The van der Waals surface area contributed by atoms with E-state index < -0.39 is 5.91 Å². The lowest BCUT2D eigenvalue weighted by molar-refractivity contribution is 0.0924. The smallest absolute Gasteiger partial charge is 0.271 e. The van der Waals surface area contributed by atoms with Crippen molar-refractivity contribution in [2.75, 3.05) is 13.1 Å². The van der Waals surface area contributed by atoms with Gasteiger partial charge < -0.3 is 10.6 Å². The van der Waals surface area contributed by atoms with Crippen LogP contribution in [-0.2, 0) is 0 Å². The van der Waals surface area contributed by atoms with Crippen LogP contribution in [0.4, 0.5) is 0 Å². The fourth-order valence-electron chi connectivity index (χ4n) is 1.84. The second-order valence-corrected chi connectivity index (χ2v) is 4.63. The number of aromatic nitrogens is 2. The molecule has 3 N–H and O–H groups in total. The molecule has 0 aliphatic heterocycles. The van der Waals surface area contributed by atoms with E-state index in [-0.39, 0.29) is 23.7 Å². The number of rotatable bonds is 5. The van der Waals surface area contributed by atoms with Gasteiger partial charge in [-0.25, -0.2) is 5.10 Å². The highest BCUT2D eigenvalue weighted by Gasteiger charge is 2.09. The molecular formula is C15H16N4O3. The summed E-state index contributed by atoms with van der Waals surface area (Å²) in [6, 6.07) is 9.82. The van der Waals surface area contributed by atoms with E-state index in [9.17, 15) is 14.4 Å². The van der Waals surface area contributed by atoms with E-state index in [4.69, 9.17) is 0 Å². The Morgan fingerprint density at radius 2 is 1.73 bits per heavy atom. The molecule has 7 nitrogen and oxygen atoms in total. The third-order valence-electron chi connectivity index (χ3n) is 3.00. The van der Waals surface area contributed by atoms with Gasteiger partial charge in [-0.1, -0.05) is 18.2 Å². The number of aryl methyl sites for hydroxylation is 1. The second kappa shape index (κ2) is 7.16. The third kappa shape index (κ3) is 4.02. The van der Waals surface area contributed by atoms with E-state index in [1.807, 2.05) is 19.1 Å². The average Bonchev–Trinajstić information content (AvgIpc) is 2.52. The molecule has 0 saturated carbocycles. The maximum atomic E-state index is 11.9. The van der Waals surface area contributed by atoms with Crippen molar-refractivity contribution in [1.29, 1.82) is 0 Å². The van der Waals surface area contributed by atoms with Crippen LogP contribution in [0.25, 0.3) is 0 Å². The fraction of sp³-hybridized carbons (Fsp3) is 0.200. The van der Waals surface area contributed by atoms with Crippen LogP contribution >= 0.6 is 0 Å². The number of benzene rings is 1. The average molecular weight is 300 g/mol. The summed E-state index contributed by atoms with van der Waals surface area (Å²) >= 11 is 0. The number of carbonyl (C=O) groups is 2. The molecule has 114 valence electrons. The van der Waals surface area contributed by atoms with E-state index in [1.165, 1.54) is 12.1 Å². The third-order valence-corrected chi connectivity index (χ3v) is 3.00. The molecular weight excluding hydrogens is 284 g/mol. The highest BCUT2D eigenvalue weighted by atomic mass is 16.2. The molecule has 1 aromatic heterocycles. The van der Waals surface area contributed by atoms with Gasteiger partial charge in [-0.05, 0) is 24.6 Å². The van der Waals surface area contributed by atoms with Gasteiger partial charge in [-0.2, -0.15) is 5.10 Å². The molecule has 0 spiro atoms. The second-order valence-electron chi connectivity index (χ2n) is 4.63. The SMILES string of the molecule is Cc1ccccc1C(=O)NCCNC(=O)c1ccc(=O)[nH]n1. The van der Waals surface area contributed by atoms with Gasteiger partial charge >= 0.3 is 0 Å². The van der Waals surface area contributed by atoms with Crippen molar-refractivity contribution in [3.8, 4) is 0 Å². The molecule has 0 aliphatic carbocycles. The Kier molecular flexibility index (Phi) is 5.02. The minimum Gasteiger partial charge on any atom is -0.350 e. The van der Waals surface area contributed by atoms with Gasteiger partial charge in [-0.3, -0.25) is 14.4 Å². The maximum Gasteiger partial charge on any atom is 0.271 e. The number of carbonyl (C=O) groups excluding carboxylic acids is 2. The molecule has 2 amide bonds. The molecule has 0 radical (unpaired) electrons. The minimum absolute atomic E-state index is 0.116. The lowest BCUT2D eigenvalue weighted by Gasteiger charge is -2.08. The largest absolute Gasteiger partial charge is 0.350 e. The zero-order valence-corrected chi connectivity index (χ0v) is 12.1. The molecule has 1 heterocycles. The van der Waals surface area contributed by atoms with Gasteiger partial charge in [0, 0.05) is 24.7 Å². The molecule has 0 aliphatic rings. The highest BCUT2D eigenvalue weighted by Crippen LogP contribution is 2.05. The van der Waals surface area contributed by atoms with Gasteiger partial charge in [0.25, 0.3) is 17.4 Å². The molecule has 7 heteroatoms. The molecule has 0 bridgehead atoms. The quantitative estimate of drug-likeness (QED) is 0.688. The van der Waals surface area contributed by atoms with Crippen molar-refractivity contribution in [2.45, 2.75) is 6.92 Å². The summed E-state index contributed by atoms with van der Waals surface area (Å²) in [6.45, 7) is 2.41. The van der Waals surface area contributed by atoms with Crippen LogP contribution in [0.5, 0.6) is 0 Å². The number of aromatic amines is 1. The van der Waals surface area contributed by atoms with Crippen LogP contribution in [0.3, 0.4) is 0 Å². The van der Waals surface area contributed by atoms with Gasteiger partial charge in [0.1, 0.15) is 5.69 Å². The summed E-state index contributed by atoms with van der Waals surface area (Å²) in [6.07, 6.45) is 0. The van der Waals surface area contributed by atoms with Crippen LogP contribution in [0, 0.1) is 6.92 Å². The van der Waals surface area contributed by atoms with Crippen molar-refractivity contribution in [3.05, 3.63) is 63.6 Å². The van der Waals surface area contributed by atoms with E-state index in [0.717, 1.165) is 5.56 Å². The number of hydrogen-bond donors (Lipinski definition) is 3. The van der Waals surface area contributed by atoms with Gasteiger partial charge in [0.05, 0.1) is 0 Å². The van der Waals surface area contributed by atoms with E-state index in [2.05, 4.69) is 20.8 Å². The maximum absolute atomic E-state index is 11.9. The molecule has 0 saturated heterocycles. The number of amides is 2. The number of nitrogens with one attached hydrogen (secondary N) is 3. The van der Waals surface area contributed by atoms with E-state index in [0.29, 0.717) is 12.1 Å². The summed E-state index contributed by atoms with van der Waals surface area (Å²) in [5, 5.41) is 11.1. The van der Waals surface area contributed by atoms with Crippen LogP contribution < -0.4 is 16.2 Å². The Morgan fingerprint density at radius 1 is 1.05 bits per heavy atom. The Morgan fingerprint density at radius 3 is 2.36 bits per heavy atom. The molecule has 0 unspecified atom stereocenters. The highest BCUT2D eigenvalue weighted by molar-refractivity contribution is 5.95. The first-order valence-electron chi connectivity index (χ1n) is 6.75. The molecule has 1 aromatic carbocycles. The van der Waals surface area contributed by atoms with Crippen molar-refractivity contribution in [2.24, 2.45) is 0 Å². The summed E-state index contributed by atoms with van der Waals surface area (Å²) in [5.41, 5.74) is 1.24. The van der Waals surface area contributed by atoms with Crippen LogP contribution in [0.15, 0.2) is 41.2 Å². The summed E-state index contributed by atoms with van der Waals surface area (Å²) < 4.78 is 0. The normalized spacial score (nSPS) is 10.0. The van der Waals surface area contributed by atoms with Gasteiger partial charge in [-0.15, -0.1) is 0 Å². The van der Waals surface area contributed by atoms with E-state index >= 15 is 0 Å². The molecule has 22 heavy (non-hydrogen) atoms. The summed E-state index contributed by atoms with van der Waals surface area (Å²) in [7, 11) is 0. The minimum atomic E-state index is -0.415. The molecule has 2 aromatic rings. The van der Waals surface area contributed by atoms with Crippen LogP contribution in [-0.4, -0.2) is 35.1 Å². The number of H-pyrrole nitrogens is 1. The predicted octanol–water partition coefficient (Wildman–Crippen LogP) is 0.238. The van der Waals surface area contributed by atoms with Gasteiger partial charge in [0.2, 0.25) is 0 Å². The Balaban J connectivity index is 1.78. The Bertz CT molecular complexity index is 719. The summed E-state index contributed by atoms with van der Waals surface area (Å²) in [5.74, 6) is -0.601. The predicted molar refractivity (Wildman–Crippen MR) is 80.7 cm³/mol. The topological polar surface area (TPSA) is 104 Å². The number of nitrogens with zero attached hydrogens (tertiary/aromatic N) is 1. The fourth-order valence-corrected chi connectivity index (χ4v) is 1.84. The van der Waals surface area contributed by atoms with Crippen molar-refractivity contribution in [3.63, 3.8) is 0 Å². The van der Waals surface area contributed by atoms with Crippen LogP contribution in [0.1, 0.15) is 26.4 Å². The van der Waals surface area contributed by atoms with Crippen LogP contribution in [0.2, 0.25) is 0 Å². The molecule has 0 fully saturated rings. The summed E-state index contributed by atoms with van der Waals surface area (Å²) in [4.78, 5) is 34.5. The zero-order valence-electron chi connectivity index (χ0n) is 12.1. The lowest BCUT2D eigenvalue weighted by atomic mass is 10.1. The van der Waals surface area contributed by atoms with Crippen molar-refractivity contribution >= 4 is 11.8 Å².